The van der Waals surface area contributed by atoms with Crippen molar-refractivity contribution in [3.05, 3.63) is 41.1 Å². The third kappa shape index (κ3) is 4.48. The number of ether oxygens (including phenoxy) is 2. The lowest BCUT2D eigenvalue weighted by molar-refractivity contribution is -0.119. The van der Waals surface area contributed by atoms with Gasteiger partial charge in [-0.15, -0.1) is 5.10 Å². The highest BCUT2D eigenvalue weighted by Gasteiger charge is 2.21. The van der Waals surface area contributed by atoms with Crippen LogP contribution in [0.2, 0.25) is 0 Å². The average Bonchev–Trinajstić information content (AvgIpc) is 2.72. The second-order valence-corrected chi connectivity index (χ2v) is 6.75. The molecule has 1 aliphatic rings. The SMILES string of the molecule is COc1ccc(CNc2nnc(C3CCN(C=O)CC3)cc2C)c(OC)c1. The normalized spacial score (nSPS) is 14.7. The molecule has 0 bridgehead atoms. The van der Waals surface area contributed by atoms with Gasteiger partial charge in [0.05, 0.1) is 19.9 Å². The quantitative estimate of drug-likeness (QED) is 0.755. The van der Waals surface area contributed by atoms with E-state index in [0.29, 0.717) is 12.5 Å². The number of rotatable bonds is 7. The van der Waals surface area contributed by atoms with Crippen LogP contribution in [-0.2, 0) is 11.3 Å². The third-order valence-corrected chi connectivity index (χ3v) is 5.04. The number of amides is 1. The minimum Gasteiger partial charge on any atom is -0.497 e. The zero-order chi connectivity index (χ0) is 19.2. The number of methoxy groups -OCH3 is 2. The maximum absolute atomic E-state index is 10.8. The van der Waals surface area contributed by atoms with Crippen LogP contribution in [0.25, 0.3) is 0 Å². The summed E-state index contributed by atoms with van der Waals surface area (Å²) in [4.78, 5) is 12.7. The highest BCUT2D eigenvalue weighted by Crippen LogP contribution is 2.28. The average molecular weight is 370 g/mol. The molecule has 1 fully saturated rings. The molecule has 27 heavy (non-hydrogen) atoms. The Balaban J connectivity index is 1.66. The van der Waals surface area contributed by atoms with Crippen LogP contribution < -0.4 is 14.8 Å². The van der Waals surface area contributed by atoms with E-state index in [-0.39, 0.29) is 0 Å². The van der Waals surface area contributed by atoms with E-state index in [1.807, 2.05) is 30.0 Å². The predicted molar refractivity (Wildman–Crippen MR) is 103 cm³/mol. The fourth-order valence-electron chi connectivity index (χ4n) is 3.36. The van der Waals surface area contributed by atoms with Gasteiger partial charge in [-0.1, -0.05) is 0 Å². The molecule has 1 aromatic heterocycles. The lowest BCUT2D eigenvalue weighted by Gasteiger charge is -2.28. The van der Waals surface area contributed by atoms with Gasteiger partial charge in [0.1, 0.15) is 11.5 Å². The van der Waals surface area contributed by atoms with Gasteiger partial charge in [0.2, 0.25) is 6.41 Å². The predicted octanol–water partition coefficient (Wildman–Crippen LogP) is 2.75. The Morgan fingerprint density at radius 3 is 2.59 bits per heavy atom. The van der Waals surface area contributed by atoms with Crippen molar-refractivity contribution in [1.29, 1.82) is 0 Å². The second-order valence-electron chi connectivity index (χ2n) is 6.75. The van der Waals surface area contributed by atoms with Crippen LogP contribution in [0.5, 0.6) is 11.5 Å². The van der Waals surface area contributed by atoms with Crippen LogP contribution in [0.15, 0.2) is 24.3 Å². The number of nitrogens with one attached hydrogen (secondary N) is 1. The summed E-state index contributed by atoms with van der Waals surface area (Å²) in [6, 6.07) is 7.85. The van der Waals surface area contributed by atoms with E-state index in [1.54, 1.807) is 14.2 Å². The summed E-state index contributed by atoms with van der Waals surface area (Å²) in [6.07, 6.45) is 2.79. The minimum atomic E-state index is 0.364. The van der Waals surface area contributed by atoms with Crippen molar-refractivity contribution in [2.75, 3.05) is 32.6 Å². The molecule has 7 nitrogen and oxygen atoms in total. The van der Waals surface area contributed by atoms with Gasteiger partial charge in [-0.25, -0.2) is 0 Å². The molecule has 1 N–H and O–H groups in total. The number of anilines is 1. The van der Waals surface area contributed by atoms with Crippen molar-refractivity contribution in [2.24, 2.45) is 0 Å². The van der Waals surface area contributed by atoms with Gasteiger partial charge in [0, 0.05) is 37.2 Å². The highest BCUT2D eigenvalue weighted by atomic mass is 16.5. The molecule has 0 aliphatic carbocycles. The summed E-state index contributed by atoms with van der Waals surface area (Å²) in [7, 11) is 3.28. The van der Waals surface area contributed by atoms with E-state index in [9.17, 15) is 4.79 Å². The molecule has 1 saturated heterocycles. The lowest BCUT2D eigenvalue weighted by Crippen LogP contribution is -2.32. The first-order chi connectivity index (χ1) is 13.1. The van der Waals surface area contributed by atoms with Crippen molar-refractivity contribution in [3.63, 3.8) is 0 Å². The Bertz CT molecular complexity index is 789. The van der Waals surface area contributed by atoms with Gasteiger partial charge >= 0.3 is 0 Å². The largest absolute Gasteiger partial charge is 0.497 e. The molecular weight excluding hydrogens is 344 g/mol. The Morgan fingerprint density at radius 1 is 1.19 bits per heavy atom. The van der Waals surface area contributed by atoms with E-state index in [1.165, 1.54) is 0 Å². The van der Waals surface area contributed by atoms with Gasteiger partial charge < -0.3 is 19.7 Å². The molecule has 0 atom stereocenters. The van der Waals surface area contributed by atoms with Crippen LogP contribution in [0.3, 0.4) is 0 Å². The van der Waals surface area contributed by atoms with Crippen molar-refractivity contribution in [3.8, 4) is 11.5 Å². The van der Waals surface area contributed by atoms with Crippen molar-refractivity contribution >= 4 is 12.2 Å². The van der Waals surface area contributed by atoms with E-state index in [4.69, 9.17) is 9.47 Å². The van der Waals surface area contributed by atoms with Gasteiger partial charge in [0.25, 0.3) is 0 Å². The number of hydrogen-bond acceptors (Lipinski definition) is 6. The summed E-state index contributed by atoms with van der Waals surface area (Å²) < 4.78 is 10.7. The van der Waals surface area contributed by atoms with Crippen molar-refractivity contribution < 1.29 is 14.3 Å². The van der Waals surface area contributed by atoms with Crippen LogP contribution in [0.4, 0.5) is 5.82 Å². The molecule has 0 unspecified atom stereocenters. The first-order valence-electron chi connectivity index (χ1n) is 9.13. The zero-order valence-corrected chi connectivity index (χ0v) is 16.1. The fraction of sp³-hybridized carbons (Fsp3) is 0.450. The first kappa shape index (κ1) is 18.9. The van der Waals surface area contributed by atoms with Crippen LogP contribution in [0.1, 0.15) is 35.6 Å². The molecule has 1 amide bonds. The van der Waals surface area contributed by atoms with Crippen LogP contribution >= 0.6 is 0 Å². The maximum Gasteiger partial charge on any atom is 0.209 e. The summed E-state index contributed by atoms with van der Waals surface area (Å²) >= 11 is 0. The topological polar surface area (TPSA) is 76.6 Å². The van der Waals surface area contributed by atoms with E-state index < -0.39 is 0 Å². The Labute approximate surface area is 159 Å². The number of aryl methyl sites for hydroxylation is 1. The second kappa shape index (κ2) is 8.70. The summed E-state index contributed by atoms with van der Waals surface area (Å²) in [5.41, 5.74) is 3.08. The number of piperidine rings is 1. The lowest BCUT2D eigenvalue weighted by atomic mass is 9.93. The fourth-order valence-corrected chi connectivity index (χ4v) is 3.36. The molecule has 3 rings (SSSR count). The number of nitrogens with zero attached hydrogens (tertiary/aromatic N) is 3. The van der Waals surface area contributed by atoms with Crippen LogP contribution in [-0.4, -0.2) is 48.8 Å². The number of aromatic nitrogens is 2. The molecule has 0 saturated carbocycles. The minimum absolute atomic E-state index is 0.364. The number of likely N-dealkylation sites (tertiary alicyclic amines) is 1. The van der Waals surface area contributed by atoms with E-state index in [0.717, 1.165) is 66.5 Å². The summed E-state index contributed by atoms with van der Waals surface area (Å²) in [5.74, 6) is 2.66. The molecule has 0 spiro atoms. The molecule has 1 aromatic carbocycles. The number of hydrogen-bond donors (Lipinski definition) is 1. The molecule has 7 heteroatoms. The standard InChI is InChI=1S/C20H26N4O3/c1-14-10-18(15-6-8-24(13-25)9-7-15)22-23-20(14)21-12-16-4-5-17(26-2)11-19(16)27-3/h4-5,10-11,13,15H,6-9,12H2,1-3H3,(H,21,23). The van der Waals surface area contributed by atoms with Crippen molar-refractivity contribution in [1.82, 2.24) is 15.1 Å². The van der Waals surface area contributed by atoms with E-state index in [2.05, 4.69) is 21.6 Å². The third-order valence-electron chi connectivity index (χ3n) is 5.04. The summed E-state index contributed by atoms with van der Waals surface area (Å²) in [6.45, 7) is 4.18. The van der Waals surface area contributed by atoms with Gasteiger partial charge in [0.15, 0.2) is 5.82 Å². The monoisotopic (exact) mass is 370 g/mol. The van der Waals surface area contributed by atoms with Gasteiger partial charge in [-0.05, 0) is 43.5 Å². The van der Waals surface area contributed by atoms with Crippen molar-refractivity contribution in [2.45, 2.75) is 32.2 Å². The van der Waals surface area contributed by atoms with E-state index >= 15 is 0 Å². The Hall–Kier alpha value is -2.83. The Kier molecular flexibility index (Phi) is 6.11. The molecule has 0 radical (unpaired) electrons. The maximum atomic E-state index is 10.8. The molecule has 144 valence electrons. The highest BCUT2D eigenvalue weighted by molar-refractivity contribution is 5.48. The van der Waals surface area contributed by atoms with Gasteiger partial charge in [-0.2, -0.15) is 5.10 Å². The molecule has 2 heterocycles. The zero-order valence-electron chi connectivity index (χ0n) is 16.1. The summed E-state index contributed by atoms with van der Waals surface area (Å²) in [5, 5.41) is 12.2. The molecule has 2 aromatic rings. The number of carbonyl (C=O) groups excluding carboxylic acids is 1. The number of benzene rings is 1. The van der Waals surface area contributed by atoms with Crippen LogP contribution in [0, 0.1) is 6.92 Å². The van der Waals surface area contributed by atoms with Gasteiger partial charge in [-0.3, -0.25) is 4.79 Å². The molecular formula is C20H26N4O3. The Morgan fingerprint density at radius 2 is 1.96 bits per heavy atom. The smallest absolute Gasteiger partial charge is 0.209 e. The number of carbonyl (C=O) groups is 1. The molecule has 1 aliphatic heterocycles. The first-order valence-corrected chi connectivity index (χ1v) is 9.13.